The molecule has 0 atom stereocenters. The Kier molecular flexibility index (Phi) is 5.55. The highest BCUT2D eigenvalue weighted by atomic mass is 19.4. The van der Waals surface area contributed by atoms with Gasteiger partial charge >= 0.3 is 6.18 Å². The van der Waals surface area contributed by atoms with E-state index in [1.807, 2.05) is 0 Å². The van der Waals surface area contributed by atoms with Gasteiger partial charge in [-0.25, -0.2) is 4.68 Å². The maximum absolute atomic E-state index is 13.4. The molecule has 1 amide bonds. The normalized spacial score (nSPS) is 11.2. The van der Waals surface area contributed by atoms with Crippen molar-refractivity contribution in [3.8, 4) is 5.69 Å². The van der Waals surface area contributed by atoms with Crippen LogP contribution in [0.5, 0.6) is 0 Å². The molecule has 0 saturated heterocycles. The van der Waals surface area contributed by atoms with Crippen molar-refractivity contribution in [2.24, 2.45) is 0 Å². The number of rotatable bonds is 4. The van der Waals surface area contributed by atoms with Gasteiger partial charge in [0.05, 0.1) is 11.3 Å². The highest BCUT2D eigenvalue weighted by Gasteiger charge is 2.34. The molecular weight excluding hydrogens is 399 g/mol. The molecule has 0 saturated carbocycles. The number of aryl methyl sites for hydroxylation is 1. The van der Waals surface area contributed by atoms with Crippen molar-refractivity contribution in [1.29, 1.82) is 0 Å². The minimum Gasteiger partial charge on any atom is -0.320 e. The van der Waals surface area contributed by atoms with Gasteiger partial charge in [0.15, 0.2) is 11.5 Å². The lowest BCUT2D eigenvalue weighted by molar-refractivity contribution is -0.137. The highest BCUT2D eigenvalue weighted by Crippen LogP contribution is 2.33. The van der Waals surface area contributed by atoms with Gasteiger partial charge in [-0.1, -0.05) is 24.3 Å². The number of Topliss-reactive ketones (excluding diaryl/α,β-unsaturated/α-hetero) is 1. The van der Waals surface area contributed by atoms with Crippen molar-refractivity contribution in [3.63, 3.8) is 0 Å². The molecule has 1 aromatic heterocycles. The van der Waals surface area contributed by atoms with Crippen LogP contribution in [-0.2, 0) is 6.18 Å². The minimum absolute atomic E-state index is 0.131. The van der Waals surface area contributed by atoms with E-state index < -0.39 is 28.8 Å². The largest absolute Gasteiger partial charge is 0.418 e. The first kappa shape index (κ1) is 21.0. The molecule has 0 bridgehead atoms. The van der Waals surface area contributed by atoms with Crippen LogP contribution in [0.2, 0.25) is 0 Å². The summed E-state index contributed by atoms with van der Waals surface area (Å²) in [5.41, 5.74) is -1.86. The van der Waals surface area contributed by atoms with E-state index >= 15 is 0 Å². The predicted molar refractivity (Wildman–Crippen MR) is 104 cm³/mol. The Morgan fingerprint density at radius 2 is 1.73 bits per heavy atom. The Hall–Kier alpha value is -3.75. The molecule has 0 unspecified atom stereocenters. The van der Waals surface area contributed by atoms with Gasteiger partial charge in [-0.2, -0.15) is 18.3 Å². The number of ketones is 1. The summed E-state index contributed by atoms with van der Waals surface area (Å²) in [4.78, 5) is 36.4. The molecule has 2 aromatic carbocycles. The van der Waals surface area contributed by atoms with Crippen LogP contribution < -0.4 is 10.7 Å². The molecule has 0 spiro atoms. The third kappa shape index (κ3) is 4.29. The highest BCUT2D eigenvalue weighted by molar-refractivity contribution is 6.03. The first-order chi connectivity index (χ1) is 14.1. The van der Waals surface area contributed by atoms with Gasteiger partial charge in [-0.15, -0.1) is 0 Å². The number of hydrogen-bond donors (Lipinski definition) is 1. The van der Waals surface area contributed by atoms with E-state index in [1.165, 1.54) is 44.2 Å². The molecule has 3 aromatic rings. The Labute approximate surface area is 169 Å². The van der Waals surface area contributed by atoms with Gasteiger partial charge in [-0.3, -0.25) is 14.4 Å². The van der Waals surface area contributed by atoms with Crippen LogP contribution in [0.1, 0.15) is 39.0 Å². The fraction of sp³-hybridized carbons (Fsp3) is 0.143. The van der Waals surface area contributed by atoms with Gasteiger partial charge in [0.2, 0.25) is 5.43 Å². The molecule has 1 N–H and O–H groups in total. The average Bonchev–Trinajstić information content (AvgIpc) is 2.67. The van der Waals surface area contributed by atoms with E-state index in [2.05, 4.69) is 10.4 Å². The average molecular weight is 415 g/mol. The molecule has 154 valence electrons. The number of alkyl halides is 3. The third-order valence-electron chi connectivity index (χ3n) is 4.29. The quantitative estimate of drug-likeness (QED) is 0.653. The number of carbonyl (C=O) groups excluding carboxylic acids is 2. The molecule has 9 heteroatoms. The topological polar surface area (TPSA) is 81.1 Å². The maximum Gasteiger partial charge on any atom is 0.418 e. The zero-order valence-electron chi connectivity index (χ0n) is 15.9. The number of hydrogen-bond acceptors (Lipinski definition) is 4. The fourth-order valence-corrected chi connectivity index (χ4v) is 2.85. The van der Waals surface area contributed by atoms with E-state index in [0.29, 0.717) is 5.56 Å². The van der Waals surface area contributed by atoms with Crippen molar-refractivity contribution >= 4 is 17.4 Å². The van der Waals surface area contributed by atoms with Crippen LogP contribution in [0.3, 0.4) is 0 Å². The third-order valence-corrected chi connectivity index (χ3v) is 4.29. The fourth-order valence-electron chi connectivity index (χ4n) is 2.85. The van der Waals surface area contributed by atoms with E-state index in [4.69, 9.17) is 0 Å². The lowest BCUT2D eigenvalue weighted by atomic mass is 10.1. The maximum atomic E-state index is 13.4. The lowest BCUT2D eigenvalue weighted by Gasteiger charge is -2.16. The number of para-hydroxylation sites is 1. The van der Waals surface area contributed by atoms with Crippen molar-refractivity contribution in [3.05, 3.63) is 87.3 Å². The van der Waals surface area contributed by atoms with Crippen LogP contribution in [0.4, 0.5) is 18.9 Å². The number of carbonyl (C=O) groups is 2. The molecule has 0 aliphatic heterocycles. The van der Waals surface area contributed by atoms with Gasteiger partial charge in [0.25, 0.3) is 5.91 Å². The molecule has 0 aliphatic rings. The number of nitrogens with one attached hydrogen (secondary N) is 1. The van der Waals surface area contributed by atoms with Crippen molar-refractivity contribution in [2.45, 2.75) is 20.0 Å². The number of benzene rings is 2. The molecule has 0 fully saturated rings. The molecular formula is C21H16F3N3O3. The molecule has 6 nitrogen and oxygen atoms in total. The van der Waals surface area contributed by atoms with Crippen molar-refractivity contribution in [1.82, 2.24) is 9.78 Å². The molecule has 3 rings (SSSR count). The Morgan fingerprint density at radius 1 is 1.03 bits per heavy atom. The second kappa shape index (κ2) is 7.94. The second-order valence-electron chi connectivity index (χ2n) is 6.52. The van der Waals surface area contributed by atoms with Gasteiger partial charge in [0.1, 0.15) is 0 Å². The molecule has 30 heavy (non-hydrogen) atoms. The number of anilines is 1. The number of amides is 1. The molecule has 0 aliphatic carbocycles. The van der Waals surface area contributed by atoms with Gasteiger partial charge in [0, 0.05) is 23.0 Å². The smallest absolute Gasteiger partial charge is 0.320 e. The van der Waals surface area contributed by atoms with E-state index in [-0.39, 0.29) is 22.9 Å². The van der Waals surface area contributed by atoms with E-state index in [0.717, 1.165) is 16.8 Å². The zero-order chi connectivity index (χ0) is 22.1. The Balaban J connectivity index is 2.05. The predicted octanol–water partition coefficient (Wildman–Crippen LogP) is 4.01. The van der Waals surface area contributed by atoms with Crippen LogP contribution in [0, 0.1) is 6.92 Å². The summed E-state index contributed by atoms with van der Waals surface area (Å²) in [7, 11) is 0. The Bertz CT molecular complexity index is 1200. The summed E-state index contributed by atoms with van der Waals surface area (Å²) in [5.74, 6) is -1.12. The summed E-state index contributed by atoms with van der Waals surface area (Å²) < 4.78 is 41.1. The van der Waals surface area contributed by atoms with Crippen molar-refractivity contribution < 1.29 is 22.8 Å². The lowest BCUT2D eigenvalue weighted by Crippen LogP contribution is -2.27. The summed E-state index contributed by atoms with van der Waals surface area (Å²) in [6.07, 6.45) is -4.65. The van der Waals surface area contributed by atoms with Crippen molar-refractivity contribution in [2.75, 3.05) is 5.32 Å². The van der Waals surface area contributed by atoms with Crippen LogP contribution >= 0.6 is 0 Å². The molecule has 1 heterocycles. The summed E-state index contributed by atoms with van der Waals surface area (Å²) in [5, 5.41) is 6.34. The van der Waals surface area contributed by atoms with Crippen LogP contribution in [0.15, 0.2) is 59.4 Å². The Morgan fingerprint density at radius 3 is 2.40 bits per heavy atom. The van der Waals surface area contributed by atoms with Crippen LogP contribution in [-0.4, -0.2) is 21.5 Å². The standard InChI is InChI=1S/C21H16F3N3O3/c1-12-10-18(29)19(20(30)25-15-7-5-6-14(11-15)13(2)28)26-27(12)17-9-4-3-8-16(17)21(22,23)24/h3-11H,1-2H3,(H,25,30). The number of aromatic nitrogens is 2. The monoisotopic (exact) mass is 415 g/mol. The number of halogens is 3. The zero-order valence-corrected chi connectivity index (χ0v) is 15.9. The van der Waals surface area contributed by atoms with E-state index in [9.17, 15) is 27.6 Å². The SMILES string of the molecule is CC(=O)c1cccc(NC(=O)c2nn(-c3ccccc3C(F)(F)F)c(C)cc2=O)c1. The second-order valence-corrected chi connectivity index (χ2v) is 6.52. The van der Waals surface area contributed by atoms with E-state index in [1.54, 1.807) is 12.1 Å². The van der Waals surface area contributed by atoms with Crippen LogP contribution in [0.25, 0.3) is 5.69 Å². The first-order valence-corrected chi connectivity index (χ1v) is 8.78. The minimum atomic E-state index is -4.65. The summed E-state index contributed by atoms with van der Waals surface area (Å²) in [6.45, 7) is 2.78. The summed E-state index contributed by atoms with van der Waals surface area (Å²) >= 11 is 0. The van der Waals surface area contributed by atoms with Gasteiger partial charge < -0.3 is 5.32 Å². The summed E-state index contributed by atoms with van der Waals surface area (Å²) in [6, 6.07) is 11.8. The van der Waals surface area contributed by atoms with Gasteiger partial charge in [-0.05, 0) is 38.1 Å². The number of nitrogens with zero attached hydrogens (tertiary/aromatic N) is 2. The first-order valence-electron chi connectivity index (χ1n) is 8.78. The molecule has 0 radical (unpaired) electrons.